The third-order valence-corrected chi connectivity index (χ3v) is 8.77. The van der Waals surface area contributed by atoms with E-state index in [2.05, 4.69) is 26.6 Å². The predicted octanol–water partition coefficient (Wildman–Crippen LogP) is -1.97. The standard InChI is InChI=1S/C35H55N7O14/c1-7-9-20(29(50)34(55)36-16-26(48)49)38-32(53)23-10-8-15-42(23)35(56)28(18(4)5)41-33(54)27(17(2)3)40-31(52)22(12-14-25(46)47)39-30(51)21(37-19(6)43)11-13-24(44)45/h17-18,20-23,27-28H,7-16H2,1-6H3,(H,36,55)(H,37,43)(H,38,53)(H,39,51)(H,40,52)(H,41,54)(H,44,45)(H,46,47)(H,48,49)/t20-,21-,22+,23-,27-,28-/m0/s1. The number of nitrogens with zero attached hydrogens (tertiary/aromatic N) is 1. The molecule has 6 atom stereocenters. The summed E-state index contributed by atoms with van der Waals surface area (Å²) in [5.41, 5.74) is 0. The van der Waals surface area contributed by atoms with Gasteiger partial charge in [0.2, 0.25) is 41.2 Å². The zero-order chi connectivity index (χ0) is 42.9. The monoisotopic (exact) mass is 797 g/mol. The maximum Gasteiger partial charge on any atom is 0.322 e. The van der Waals surface area contributed by atoms with Crippen molar-refractivity contribution in [1.29, 1.82) is 0 Å². The molecule has 9 N–H and O–H groups in total. The third-order valence-electron chi connectivity index (χ3n) is 8.77. The Morgan fingerprint density at radius 2 is 1.16 bits per heavy atom. The van der Waals surface area contributed by atoms with Gasteiger partial charge in [-0.2, -0.15) is 0 Å². The molecule has 314 valence electrons. The second-order valence-electron chi connectivity index (χ2n) is 14.1. The minimum absolute atomic E-state index is 0.0557. The quantitative estimate of drug-likeness (QED) is 0.0479. The van der Waals surface area contributed by atoms with Crippen LogP contribution in [-0.4, -0.2) is 135 Å². The fourth-order valence-electron chi connectivity index (χ4n) is 5.84. The van der Waals surface area contributed by atoms with Crippen LogP contribution in [0.1, 0.15) is 92.9 Å². The second kappa shape index (κ2) is 23.3. The van der Waals surface area contributed by atoms with Crippen molar-refractivity contribution in [1.82, 2.24) is 36.8 Å². The molecule has 1 saturated heterocycles. The normalized spacial score (nSPS) is 16.4. The Balaban J connectivity index is 3.22. The summed E-state index contributed by atoms with van der Waals surface area (Å²) >= 11 is 0. The first kappa shape index (κ1) is 48.4. The Morgan fingerprint density at radius 1 is 0.643 bits per heavy atom. The summed E-state index contributed by atoms with van der Waals surface area (Å²) in [5, 5.41) is 41.4. The average Bonchev–Trinajstić information content (AvgIpc) is 3.60. The lowest BCUT2D eigenvalue weighted by Gasteiger charge is -2.33. The topological polar surface area (TPSA) is 324 Å². The molecule has 0 aromatic rings. The highest BCUT2D eigenvalue weighted by Gasteiger charge is 2.41. The van der Waals surface area contributed by atoms with E-state index in [1.165, 1.54) is 4.90 Å². The molecule has 21 nitrogen and oxygen atoms in total. The fraction of sp³-hybridized carbons (Fsp3) is 0.686. The molecule has 1 rings (SSSR count). The van der Waals surface area contributed by atoms with Crippen LogP contribution < -0.4 is 31.9 Å². The number of likely N-dealkylation sites (tertiary alicyclic amines) is 1. The summed E-state index contributed by atoms with van der Waals surface area (Å²) < 4.78 is 0. The molecule has 0 bridgehead atoms. The molecule has 0 spiro atoms. The van der Waals surface area contributed by atoms with Gasteiger partial charge in [0.05, 0.1) is 6.04 Å². The molecule has 1 aliphatic rings. The molecule has 0 aromatic carbocycles. The number of aliphatic carboxylic acids is 3. The number of carboxylic acids is 3. The fourth-order valence-corrected chi connectivity index (χ4v) is 5.84. The number of ketones is 1. The summed E-state index contributed by atoms with van der Waals surface area (Å²) in [6, 6.07) is -7.83. The molecule has 0 aliphatic carbocycles. The van der Waals surface area contributed by atoms with Gasteiger partial charge in [0, 0.05) is 26.3 Å². The summed E-state index contributed by atoms with van der Waals surface area (Å²) in [6.07, 6.45) is -0.846. The maximum absolute atomic E-state index is 14.0. The smallest absolute Gasteiger partial charge is 0.322 e. The Kier molecular flexibility index (Phi) is 20.2. The van der Waals surface area contributed by atoms with Gasteiger partial charge >= 0.3 is 17.9 Å². The zero-order valence-corrected chi connectivity index (χ0v) is 32.5. The lowest BCUT2D eigenvalue weighted by molar-refractivity contribution is -0.145. The number of nitrogens with one attached hydrogen (secondary N) is 6. The van der Waals surface area contributed by atoms with E-state index in [1.807, 2.05) is 5.32 Å². The van der Waals surface area contributed by atoms with Gasteiger partial charge in [-0.05, 0) is 43.9 Å². The minimum atomic E-state index is -1.54. The molecular weight excluding hydrogens is 742 g/mol. The number of carboxylic acid groups (broad SMARTS) is 3. The van der Waals surface area contributed by atoms with Gasteiger partial charge in [-0.15, -0.1) is 0 Å². The van der Waals surface area contributed by atoms with E-state index in [1.54, 1.807) is 34.6 Å². The lowest BCUT2D eigenvalue weighted by Crippen LogP contribution is -2.61. The van der Waals surface area contributed by atoms with Gasteiger partial charge in [0.15, 0.2) is 0 Å². The van der Waals surface area contributed by atoms with Gasteiger partial charge in [-0.3, -0.25) is 52.7 Å². The number of Topliss-reactive ketones (excluding diaryl/α,β-unsaturated/α-hetero) is 1. The van der Waals surface area contributed by atoms with E-state index in [0.29, 0.717) is 12.8 Å². The highest BCUT2D eigenvalue weighted by atomic mass is 16.4. The first-order valence-corrected chi connectivity index (χ1v) is 18.4. The van der Waals surface area contributed by atoms with Crippen molar-refractivity contribution in [2.24, 2.45) is 11.8 Å². The van der Waals surface area contributed by atoms with Crippen molar-refractivity contribution < 1.29 is 68.1 Å². The summed E-state index contributed by atoms with van der Waals surface area (Å²) in [6.45, 7) is 8.54. The van der Waals surface area contributed by atoms with Crippen LogP contribution in [0.25, 0.3) is 0 Å². The van der Waals surface area contributed by atoms with Crippen LogP contribution in [0.4, 0.5) is 0 Å². The summed E-state index contributed by atoms with van der Waals surface area (Å²) in [4.78, 5) is 139. The number of carbonyl (C=O) groups excluding carboxylic acids is 8. The number of rotatable bonds is 24. The number of hydrogen-bond acceptors (Lipinski definition) is 11. The van der Waals surface area contributed by atoms with Crippen LogP contribution in [-0.2, 0) is 52.7 Å². The maximum atomic E-state index is 14.0. The van der Waals surface area contributed by atoms with Crippen molar-refractivity contribution in [2.75, 3.05) is 13.1 Å². The molecule has 56 heavy (non-hydrogen) atoms. The Labute approximate surface area is 323 Å². The molecule has 1 fully saturated rings. The molecule has 0 radical (unpaired) electrons. The molecule has 1 aliphatic heterocycles. The highest BCUT2D eigenvalue weighted by Crippen LogP contribution is 2.21. The first-order valence-electron chi connectivity index (χ1n) is 18.4. The van der Waals surface area contributed by atoms with Crippen LogP contribution in [0.5, 0.6) is 0 Å². The van der Waals surface area contributed by atoms with Gasteiger partial charge in [0.25, 0.3) is 5.91 Å². The van der Waals surface area contributed by atoms with E-state index in [0.717, 1.165) is 6.92 Å². The molecule has 0 aromatic heterocycles. The van der Waals surface area contributed by atoms with E-state index in [9.17, 15) is 57.8 Å². The van der Waals surface area contributed by atoms with E-state index in [-0.39, 0.29) is 25.8 Å². The van der Waals surface area contributed by atoms with Crippen molar-refractivity contribution in [2.45, 2.75) is 129 Å². The summed E-state index contributed by atoms with van der Waals surface area (Å²) in [5.74, 6) is -12.1. The van der Waals surface area contributed by atoms with Crippen LogP contribution in [0, 0.1) is 11.8 Å². The molecule has 21 heteroatoms. The largest absolute Gasteiger partial charge is 0.481 e. The van der Waals surface area contributed by atoms with Gasteiger partial charge < -0.3 is 52.1 Å². The molecule has 0 unspecified atom stereocenters. The van der Waals surface area contributed by atoms with Crippen LogP contribution in [0.15, 0.2) is 0 Å². The lowest BCUT2D eigenvalue weighted by atomic mass is 9.98. The second-order valence-corrected chi connectivity index (χ2v) is 14.1. The van der Waals surface area contributed by atoms with Crippen molar-refractivity contribution in [3.05, 3.63) is 0 Å². The average molecular weight is 798 g/mol. The zero-order valence-electron chi connectivity index (χ0n) is 32.5. The van der Waals surface area contributed by atoms with Crippen LogP contribution >= 0.6 is 0 Å². The van der Waals surface area contributed by atoms with Crippen molar-refractivity contribution in [3.63, 3.8) is 0 Å². The van der Waals surface area contributed by atoms with E-state index < -0.39 is 139 Å². The van der Waals surface area contributed by atoms with Crippen molar-refractivity contribution in [3.8, 4) is 0 Å². The number of amides is 7. The van der Waals surface area contributed by atoms with Gasteiger partial charge in [-0.1, -0.05) is 41.0 Å². The molecule has 7 amide bonds. The van der Waals surface area contributed by atoms with E-state index >= 15 is 0 Å². The van der Waals surface area contributed by atoms with E-state index in [4.69, 9.17) is 10.2 Å². The molecule has 1 heterocycles. The molecule has 0 saturated carbocycles. The van der Waals surface area contributed by atoms with Crippen LogP contribution in [0.2, 0.25) is 0 Å². The Morgan fingerprint density at radius 3 is 1.64 bits per heavy atom. The SMILES string of the molecule is CCC[C@H](NC(=O)[C@@H]1CCCN1C(=O)[C@@H](NC(=O)[C@@H](NC(=O)[C@@H](CCC(=O)O)NC(=O)[C@H](CCC(=O)O)NC(C)=O)C(C)C)C(C)C)C(=O)C(=O)NCC(=O)O. The first-order chi connectivity index (χ1) is 26.1. The van der Waals surface area contributed by atoms with Crippen LogP contribution in [0.3, 0.4) is 0 Å². The van der Waals surface area contributed by atoms with Gasteiger partial charge in [0.1, 0.15) is 36.8 Å². The van der Waals surface area contributed by atoms with Gasteiger partial charge in [-0.25, -0.2) is 0 Å². The predicted molar refractivity (Wildman–Crippen MR) is 194 cm³/mol. The number of hydrogen-bond donors (Lipinski definition) is 9. The molecular formula is C35H55N7O14. The Hall–Kier alpha value is -5.63. The minimum Gasteiger partial charge on any atom is -0.481 e. The Bertz CT molecular complexity index is 1500. The van der Waals surface area contributed by atoms with Crippen molar-refractivity contribution >= 4 is 65.0 Å². The summed E-state index contributed by atoms with van der Waals surface area (Å²) in [7, 11) is 0. The highest BCUT2D eigenvalue weighted by molar-refractivity contribution is 6.38. The number of carbonyl (C=O) groups is 11. The third kappa shape index (κ3) is 16.0.